The number of hydrogen-bond donors (Lipinski definition) is 0. The zero-order valence-electron chi connectivity index (χ0n) is 43.9. The first kappa shape index (κ1) is 36.1. The Bertz CT molecular complexity index is 3500. The molecule has 6 aromatic carbocycles. The van der Waals surface area contributed by atoms with Crippen LogP contribution < -0.4 is 5.19 Å². The maximum atomic E-state index is 9.43. The second kappa shape index (κ2) is 18.5. The van der Waals surface area contributed by atoms with Gasteiger partial charge < -0.3 is 14.0 Å². The van der Waals surface area contributed by atoms with E-state index in [-0.39, 0.29) is 37.8 Å². The van der Waals surface area contributed by atoms with Gasteiger partial charge >= 0.3 is 0 Å². The molecule has 1 radical (unpaired) electrons. The Morgan fingerprint density at radius 3 is 2.02 bits per heavy atom. The molecule has 0 amide bonds. The van der Waals surface area contributed by atoms with Gasteiger partial charge in [0.05, 0.1) is 36.2 Å². The Balaban J connectivity index is 0.000000248. The van der Waals surface area contributed by atoms with Gasteiger partial charge in [0.15, 0.2) is 0 Å². The first-order valence-electron chi connectivity index (χ1n) is 24.6. The SMILES string of the molecule is [2H]C(C)(C)c1cc(-c2ccccc2)cc(C([2H])(C)C)c1-n1c(-c2[c-]ccc3c2oc2nc(-c4ccccc4)ccc23)nc2ccccc21.[2H]c1[c-]c(-c2ccc([Si](C)(C)C)cn2)cc([2H])c1C([2H])([2H])[2H].[Ir]. The fourth-order valence-electron chi connectivity index (χ4n) is 7.89. The summed E-state index contributed by atoms with van der Waals surface area (Å²) in [6.07, 6.45) is 1.82. The standard InChI is InChI=1S/C42H34N3O.C15H18NSi.Ir/c1-26(2)34-24-30(28-14-7-5-8-15-28)25-35(27(3)4)39(34)45-38-21-12-11-20-37(38)43-41(45)33-19-13-18-31-32-22-23-36(29-16-9-6-10-17-29)44-42(32)46-40(31)33;1-12-5-7-13(8-6-12)15-10-9-14(11-16-15)17(2,3)4;/h5-18,20-27H,1-4H3;5-7,9-11H,1-4H3;/q2*-1;/i26D,27D;1D3,5D,6D;. The predicted molar refractivity (Wildman–Crippen MR) is 266 cm³/mol. The number of pyridine rings is 2. The molecule has 4 heterocycles. The number of fused-ring (bicyclic) bond motifs is 4. The van der Waals surface area contributed by atoms with E-state index >= 15 is 0 Å². The van der Waals surface area contributed by atoms with E-state index in [1.807, 2.05) is 137 Å². The van der Waals surface area contributed by atoms with Crippen molar-refractivity contribution in [3.63, 3.8) is 0 Å². The number of nitrogens with zero attached hydrogens (tertiary/aromatic N) is 4. The smallest absolute Gasteiger partial charge is 0.216 e. The van der Waals surface area contributed by atoms with Gasteiger partial charge in [-0.2, -0.15) is 0 Å². The predicted octanol–water partition coefficient (Wildman–Crippen LogP) is 14.8. The Morgan fingerprint density at radius 2 is 1.38 bits per heavy atom. The Hall–Kier alpha value is -6.24. The molecule has 0 spiro atoms. The molecule has 0 aliphatic rings. The molecule has 321 valence electrons. The van der Waals surface area contributed by atoms with Crippen LogP contribution in [0.1, 0.15) is 65.8 Å². The summed E-state index contributed by atoms with van der Waals surface area (Å²) in [4.78, 5) is 14.5. The van der Waals surface area contributed by atoms with Gasteiger partial charge in [-0.25, -0.2) is 4.98 Å². The van der Waals surface area contributed by atoms with Crippen LogP contribution in [0, 0.1) is 19.0 Å². The normalized spacial score (nSPS) is 13.7. The number of aromatic nitrogens is 4. The molecule has 0 saturated heterocycles. The monoisotopic (exact) mass is 1040 g/mol. The molecule has 0 N–H and O–H groups in total. The minimum Gasteiger partial charge on any atom is -0.486 e. The van der Waals surface area contributed by atoms with Crippen molar-refractivity contribution in [2.45, 2.75) is 66.0 Å². The van der Waals surface area contributed by atoms with Crippen molar-refractivity contribution in [2.75, 3.05) is 0 Å². The van der Waals surface area contributed by atoms with Crippen molar-refractivity contribution in [3.8, 4) is 50.7 Å². The maximum absolute atomic E-state index is 9.43. The van der Waals surface area contributed by atoms with Crippen LogP contribution in [0.25, 0.3) is 83.8 Å². The molecule has 0 bridgehead atoms. The van der Waals surface area contributed by atoms with Crippen molar-refractivity contribution >= 4 is 46.4 Å². The van der Waals surface area contributed by atoms with Crippen LogP contribution in [0.5, 0.6) is 0 Å². The first-order valence-corrected chi connectivity index (χ1v) is 24.6. The molecule has 0 aliphatic heterocycles. The molecule has 4 aromatic heterocycles. The molecule has 5 nitrogen and oxygen atoms in total. The van der Waals surface area contributed by atoms with Gasteiger partial charge in [0.2, 0.25) is 5.71 Å². The summed E-state index contributed by atoms with van der Waals surface area (Å²) in [5, 5.41) is 3.05. The first-order chi connectivity index (χ1) is 33.1. The topological polar surface area (TPSA) is 56.7 Å². The average Bonchev–Trinajstić information content (AvgIpc) is 3.89. The van der Waals surface area contributed by atoms with Crippen LogP contribution in [0.15, 0.2) is 162 Å². The molecule has 0 atom stereocenters. The molecule has 10 rings (SSSR count). The second-order valence-corrected chi connectivity index (χ2v) is 22.2. The third-order valence-electron chi connectivity index (χ3n) is 11.3. The Labute approximate surface area is 401 Å². The van der Waals surface area contributed by atoms with Gasteiger partial charge in [0, 0.05) is 52.5 Å². The van der Waals surface area contributed by atoms with E-state index in [1.54, 1.807) is 0 Å². The quantitative estimate of drug-likeness (QED) is 0.112. The Kier molecular flexibility index (Phi) is 10.4. The van der Waals surface area contributed by atoms with Crippen molar-refractivity contribution in [3.05, 3.63) is 187 Å². The van der Waals surface area contributed by atoms with Crippen LogP contribution in [0.2, 0.25) is 19.6 Å². The molecular weight excluding hydrogens is 977 g/mol. The Morgan fingerprint density at radius 1 is 0.703 bits per heavy atom. The van der Waals surface area contributed by atoms with Crippen molar-refractivity contribution < 1.29 is 34.1 Å². The molecule has 7 heteroatoms. The number of hydrogen-bond acceptors (Lipinski definition) is 4. The minimum absolute atomic E-state index is 0. The molecule has 0 unspecified atom stereocenters. The van der Waals surface area contributed by atoms with Crippen LogP contribution in [-0.2, 0) is 20.1 Å². The van der Waals surface area contributed by atoms with E-state index in [0.29, 0.717) is 33.9 Å². The molecule has 10 aromatic rings. The number of rotatable bonds is 8. The van der Waals surface area contributed by atoms with Gasteiger partial charge in [-0.3, -0.25) is 4.98 Å². The largest absolute Gasteiger partial charge is 0.486 e. The minimum atomic E-state index is -2.47. The summed E-state index contributed by atoms with van der Waals surface area (Å²) in [5.41, 5.74) is 10.6. The van der Waals surface area contributed by atoms with Crippen LogP contribution in [0.3, 0.4) is 0 Å². The summed E-state index contributed by atoms with van der Waals surface area (Å²) in [6, 6.07) is 51.5. The zero-order chi connectivity index (χ0) is 49.9. The van der Waals surface area contributed by atoms with Crippen LogP contribution in [0.4, 0.5) is 0 Å². The van der Waals surface area contributed by atoms with Gasteiger partial charge in [-0.15, -0.1) is 53.5 Å². The summed E-state index contributed by atoms with van der Waals surface area (Å²) < 4.78 is 65.4. The van der Waals surface area contributed by atoms with E-state index in [9.17, 15) is 2.74 Å². The van der Waals surface area contributed by atoms with Crippen LogP contribution in [-0.4, -0.2) is 27.6 Å². The second-order valence-electron chi connectivity index (χ2n) is 17.2. The fourth-order valence-corrected chi connectivity index (χ4v) is 8.93. The third-order valence-corrected chi connectivity index (χ3v) is 13.3. The fraction of sp³-hybridized carbons (Fsp3) is 0.175. The van der Waals surface area contributed by atoms with Gasteiger partial charge in [-0.1, -0.05) is 150 Å². The zero-order valence-corrected chi connectivity index (χ0v) is 40.3. The van der Waals surface area contributed by atoms with Gasteiger partial charge in [-0.05, 0) is 81.3 Å². The van der Waals surface area contributed by atoms with Crippen LogP contribution >= 0.6 is 0 Å². The van der Waals surface area contributed by atoms with E-state index in [0.717, 1.165) is 61.0 Å². The maximum Gasteiger partial charge on any atom is 0.216 e. The van der Waals surface area contributed by atoms with E-state index < -0.39 is 26.7 Å². The number of furan rings is 1. The van der Waals surface area contributed by atoms with Crippen molar-refractivity contribution in [2.24, 2.45) is 0 Å². The van der Waals surface area contributed by atoms with Gasteiger partial charge in [0.1, 0.15) is 0 Å². The van der Waals surface area contributed by atoms with E-state index in [4.69, 9.17) is 21.2 Å². The molecule has 64 heavy (non-hydrogen) atoms. The van der Waals surface area contributed by atoms with E-state index in [2.05, 4.69) is 71.7 Å². The van der Waals surface area contributed by atoms with Crippen molar-refractivity contribution in [1.29, 1.82) is 0 Å². The number of imidazole rings is 1. The molecule has 0 fully saturated rings. The van der Waals surface area contributed by atoms with E-state index in [1.165, 1.54) is 11.3 Å². The molecular formula is C57H52IrN4OSi-2. The summed E-state index contributed by atoms with van der Waals surface area (Å²) >= 11 is 0. The van der Waals surface area contributed by atoms with Gasteiger partial charge in [0.25, 0.3) is 0 Å². The summed E-state index contributed by atoms with van der Waals surface area (Å²) in [7, 11) is -1.43. The summed E-state index contributed by atoms with van der Waals surface area (Å²) in [6.45, 7) is 11.8. The summed E-state index contributed by atoms with van der Waals surface area (Å²) in [5.74, 6) is -1.38. The van der Waals surface area contributed by atoms with Crippen molar-refractivity contribution in [1.82, 2.24) is 19.5 Å². The molecule has 0 saturated carbocycles. The average molecular weight is 1040 g/mol. The number of para-hydroxylation sites is 2. The molecule has 0 aliphatic carbocycles. The third kappa shape index (κ3) is 8.81. The number of benzene rings is 6.